The summed E-state index contributed by atoms with van der Waals surface area (Å²) in [5.74, 6) is 1.08. The second-order valence-corrected chi connectivity index (χ2v) is 6.19. The molecule has 0 saturated carbocycles. The van der Waals surface area contributed by atoms with Gasteiger partial charge in [0.25, 0.3) is 0 Å². The Morgan fingerprint density at radius 1 is 0.815 bits per heavy atom. The van der Waals surface area contributed by atoms with E-state index in [4.69, 9.17) is 9.47 Å². The van der Waals surface area contributed by atoms with Crippen LogP contribution in [0.15, 0.2) is 60.7 Å². The molecule has 0 aliphatic heterocycles. The fourth-order valence-electron chi connectivity index (χ4n) is 2.43. The molecule has 0 spiro atoms. The minimum absolute atomic E-state index is 0.201. The van der Waals surface area contributed by atoms with E-state index in [1.807, 2.05) is 60.7 Å². The lowest BCUT2D eigenvalue weighted by Gasteiger charge is -2.15. The molecule has 1 N–H and O–H groups in total. The van der Waals surface area contributed by atoms with Crippen LogP contribution in [0.5, 0.6) is 6.01 Å². The molecule has 2 atom stereocenters. The highest BCUT2D eigenvalue weighted by molar-refractivity contribution is 5.61. The highest BCUT2D eigenvalue weighted by Crippen LogP contribution is 2.22. The van der Waals surface area contributed by atoms with Gasteiger partial charge < -0.3 is 14.6 Å². The van der Waals surface area contributed by atoms with Crippen LogP contribution in [0.25, 0.3) is 22.8 Å². The lowest BCUT2D eigenvalue weighted by Crippen LogP contribution is -2.20. The molecule has 3 rings (SSSR count). The Balaban J connectivity index is 1.86. The second-order valence-electron chi connectivity index (χ2n) is 6.19. The molecule has 0 fully saturated rings. The number of rotatable bonds is 8. The molecule has 6 nitrogen and oxygen atoms in total. The molecule has 27 heavy (non-hydrogen) atoms. The zero-order valence-corrected chi connectivity index (χ0v) is 15.4. The summed E-state index contributed by atoms with van der Waals surface area (Å²) in [6.07, 6.45) is -0.419. The summed E-state index contributed by atoms with van der Waals surface area (Å²) in [6.45, 7) is 3.89. The maximum atomic E-state index is 9.33. The van der Waals surface area contributed by atoms with Crippen molar-refractivity contribution in [2.75, 3.05) is 6.61 Å². The summed E-state index contributed by atoms with van der Waals surface area (Å²) < 4.78 is 11.3. The Morgan fingerprint density at radius 2 is 1.33 bits per heavy atom. The van der Waals surface area contributed by atoms with E-state index in [1.54, 1.807) is 13.8 Å². The van der Waals surface area contributed by atoms with E-state index in [0.29, 0.717) is 24.7 Å². The Morgan fingerprint density at radius 3 is 1.81 bits per heavy atom. The van der Waals surface area contributed by atoms with Crippen molar-refractivity contribution in [3.05, 3.63) is 60.7 Å². The highest BCUT2D eigenvalue weighted by Gasteiger charge is 2.14. The summed E-state index contributed by atoms with van der Waals surface area (Å²) in [6, 6.07) is 19.6. The van der Waals surface area contributed by atoms with Gasteiger partial charge in [-0.05, 0) is 20.3 Å². The lowest BCUT2D eigenvalue weighted by molar-refractivity contribution is -0.0777. The molecule has 0 bridgehead atoms. The van der Waals surface area contributed by atoms with Gasteiger partial charge in [-0.1, -0.05) is 60.7 Å². The van der Waals surface area contributed by atoms with Gasteiger partial charge in [0.15, 0.2) is 17.9 Å². The van der Waals surface area contributed by atoms with Gasteiger partial charge in [0, 0.05) is 11.1 Å². The SMILES string of the molecule is CC(O)CCOC(C)Oc1nc(-c2ccccc2)nc(-c2ccccc2)n1. The van der Waals surface area contributed by atoms with Crippen molar-refractivity contribution in [3.63, 3.8) is 0 Å². The van der Waals surface area contributed by atoms with Crippen LogP contribution in [0, 0.1) is 0 Å². The molecule has 1 aromatic heterocycles. The first kappa shape index (κ1) is 18.9. The quantitative estimate of drug-likeness (QED) is 0.613. The predicted octanol–water partition coefficient (Wildman–Crippen LogP) is 3.72. The summed E-state index contributed by atoms with van der Waals surface area (Å²) in [7, 11) is 0. The number of nitrogens with zero attached hydrogens (tertiary/aromatic N) is 3. The number of hydrogen-bond acceptors (Lipinski definition) is 6. The van der Waals surface area contributed by atoms with Gasteiger partial charge in [-0.15, -0.1) is 0 Å². The second kappa shape index (κ2) is 9.21. The fraction of sp³-hybridized carbons (Fsp3) is 0.286. The van der Waals surface area contributed by atoms with E-state index >= 15 is 0 Å². The molecule has 140 valence electrons. The van der Waals surface area contributed by atoms with E-state index in [-0.39, 0.29) is 6.01 Å². The van der Waals surface area contributed by atoms with Crippen LogP contribution < -0.4 is 4.74 Å². The largest absolute Gasteiger partial charge is 0.434 e. The molecule has 0 aliphatic carbocycles. The summed E-state index contributed by atoms with van der Waals surface area (Å²) in [4.78, 5) is 13.5. The third kappa shape index (κ3) is 5.57. The summed E-state index contributed by atoms with van der Waals surface area (Å²) in [5, 5.41) is 9.33. The third-order valence-corrected chi connectivity index (χ3v) is 3.84. The summed E-state index contributed by atoms with van der Waals surface area (Å²) in [5.41, 5.74) is 1.76. The Kier molecular flexibility index (Phi) is 6.46. The van der Waals surface area contributed by atoms with Gasteiger partial charge in [-0.3, -0.25) is 0 Å². The van der Waals surface area contributed by atoms with Crippen LogP contribution in [0.2, 0.25) is 0 Å². The van der Waals surface area contributed by atoms with E-state index in [0.717, 1.165) is 11.1 Å². The van der Waals surface area contributed by atoms with Crippen molar-refractivity contribution in [2.24, 2.45) is 0 Å². The van der Waals surface area contributed by atoms with Gasteiger partial charge in [-0.25, -0.2) is 4.98 Å². The van der Waals surface area contributed by atoms with Crippen molar-refractivity contribution < 1.29 is 14.6 Å². The van der Waals surface area contributed by atoms with Crippen molar-refractivity contribution in [2.45, 2.75) is 32.7 Å². The van der Waals surface area contributed by atoms with Gasteiger partial charge in [0.05, 0.1) is 12.7 Å². The maximum absolute atomic E-state index is 9.33. The molecule has 0 radical (unpaired) electrons. The van der Waals surface area contributed by atoms with Crippen LogP contribution in [0.1, 0.15) is 20.3 Å². The number of aliphatic hydroxyl groups is 1. The number of aromatic nitrogens is 3. The number of hydrogen-bond donors (Lipinski definition) is 1. The van der Waals surface area contributed by atoms with Crippen LogP contribution in [0.4, 0.5) is 0 Å². The van der Waals surface area contributed by atoms with Crippen LogP contribution in [-0.2, 0) is 4.74 Å². The molecule has 2 unspecified atom stereocenters. The summed E-state index contributed by atoms with van der Waals surface area (Å²) >= 11 is 0. The number of benzene rings is 2. The van der Waals surface area contributed by atoms with Crippen LogP contribution in [-0.4, -0.2) is 39.1 Å². The monoisotopic (exact) mass is 365 g/mol. The topological polar surface area (TPSA) is 77.4 Å². The third-order valence-electron chi connectivity index (χ3n) is 3.84. The maximum Gasteiger partial charge on any atom is 0.322 e. The Hall–Kier alpha value is -2.83. The molecule has 0 aliphatic rings. The van der Waals surface area contributed by atoms with Gasteiger partial charge >= 0.3 is 6.01 Å². The molecular weight excluding hydrogens is 342 g/mol. The predicted molar refractivity (Wildman–Crippen MR) is 103 cm³/mol. The first-order valence-electron chi connectivity index (χ1n) is 8.95. The average molecular weight is 365 g/mol. The average Bonchev–Trinajstić information content (AvgIpc) is 2.69. The molecular formula is C21H23N3O3. The molecule has 0 saturated heterocycles. The van der Waals surface area contributed by atoms with Gasteiger partial charge in [-0.2, -0.15) is 9.97 Å². The number of aliphatic hydroxyl groups excluding tert-OH is 1. The molecule has 3 aromatic rings. The Bertz CT molecular complexity index is 784. The lowest BCUT2D eigenvalue weighted by atomic mass is 10.2. The fourth-order valence-corrected chi connectivity index (χ4v) is 2.43. The van der Waals surface area contributed by atoms with Crippen molar-refractivity contribution >= 4 is 0 Å². The zero-order valence-electron chi connectivity index (χ0n) is 15.4. The van der Waals surface area contributed by atoms with Gasteiger partial charge in [0.2, 0.25) is 0 Å². The van der Waals surface area contributed by atoms with E-state index < -0.39 is 12.4 Å². The van der Waals surface area contributed by atoms with E-state index in [9.17, 15) is 5.11 Å². The highest BCUT2D eigenvalue weighted by atomic mass is 16.7. The van der Waals surface area contributed by atoms with Gasteiger partial charge in [0.1, 0.15) is 0 Å². The van der Waals surface area contributed by atoms with Crippen molar-refractivity contribution in [1.82, 2.24) is 15.0 Å². The normalized spacial score (nSPS) is 13.1. The van der Waals surface area contributed by atoms with Crippen LogP contribution in [0.3, 0.4) is 0 Å². The number of ether oxygens (including phenoxy) is 2. The van der Waals surface area contributed by atoms with E-state index in [2.05, 4.69) is 15.0 Å². The Labute approximate surface area is 158 Å². The van der Waals surface area contributed by atoms with Crippen molar-refractivity contribution in [1.29, 1.82) is 0 Å². The van der Waals surface area contributed by atoms with E-state index in [1.165, 1.54) is 0 Å². The van der Waals surface area contributed by atoms with Crippen molar-refractivity contribution in [3.8, 4) is 28.8 Å². The first-order chi connectivity index (χ1) is 13.1. The van der Waals surface area contributed by atoms with Crippen LogP contribution >= 0.6 is 0 Å². The molecule has 1 heterocycles. The minimum atomic E-state index is -0.543. The zero-order chi connectivity index (χ0) is 19.1. The molecule has 2 aromatic carbocycles. The molecule has 6 heteroatoms. The molecule has 0 amide bonds. The first-order valence-corrected chi connectivity index (χ1v) is 8.95. The minimum Gasteiger partial charge on any atom is -0.434 e. The smallest absolute Gasteiger partial charge is 0.322 e. The standard InChI is InChI=1S/C21H23N3O3/c1-15(25)13-14-26-16(2)27-21-23-19(17-9-5-3-6-10-17)22-20(24-21)18-11-7-4-8-12-18/h3-12,15-16,25H,13-14H2,1-2H3.